The number of nitrogens with one attached hydrogen (secondary N) is 1. The Morgan fingerprint density at radius 1 is 1.56 bits per heavy atom. The van der Waals surface area contributed by atoms with Crippen LogP contribution in [0.25, 0.3) is 0 Å². The molecule has 0 aliphatic carbocycles. The lowest BCUT2D eigenvalue weighted by Gasteiger charge is -2.32. The molecule has 2 unspecified atom stereocenters. The average Bonchev–Trinajstić information content (AvgIpc) is 2.43. The quantitative estimate of drug-likeness (QED) is 0.840. The third-order valence-electron chi connectivity index (χ3n) is 2.98. The minimum Gasteiger partial charge on any atom is -0.492 e. The summed E-state index contributed by atoms with van der Waals surface area (Å²) in [6, 6.07) is 8.19. The highest BCUT2D eigenvalue weighted by atomic mass is 32.2. The number of esters is 1. The van der Waals surface area contributed by atoms with E-state index in [1.807, 2.05) is 25.2 Å². The van der Waals surface area contributed by atoms with Crippen molar-refractivity contribution >= 4 is 17.7 Å². The summed E-state index contributed by atoms with van der Waals surface area (Å²) >= 11 is 1.56. The zero-order valence-corrected chi connectivity index (χ0v) is 11.3. The Bertz CT molecular complexity index is 424. The molecule has 0 bridgehead atoms. The lowest BCUT2D eigenvalue weighted by molar-refractivity contribution is -0.137. The van der Waals surface area contributed by atoms with E-state index in [-0.39, 0.29) is 17.3 Å². The van der Waals surface area contributed by atoms with E-state index in [0.29, 0.717) is 12.4 Å². The van der Waals surface area contributed by atoms with Gasteiger partial charge < -0.3 is 14.8 Å². The van der Waals surface area contributed by atoms with E-state index in [9.17, 15) is 4.79 Å². The SMILES string of the molecule is CNC1c2ccccc2OCC1SCC(=O)OC. The molecule has 2 atom stereocenters. The topological polar surface area (TPSA) is 47.6 Å². The van der Waals surface area contributed by atoms with Crippen LogP contribution >= 0.6 is 11.8 Å². The summed E-state index contributed by atoms with van der Waals surface area (Å²) in [6.45, 7) is 0.601. The molecule has 2 rings (SSSR count). The molecule has 4 nitrogen and oxygen atoms in total. The lowest BCUT2D eigenvalue weighted by atomic mass is 10.0. The third kappa shape index (κ3) is 2.79. The van der Waals surface area contributed by atoms with Crippen LogP contribution in [-0.4, -0.2) is 37.7 Å². The maximum absolute atomic E-state index is 11.2. The maximum Gasteiger partial charge on any atom is 0.315 e. The van der Waals surface area contributed by atoms with Crippen molar-refractivity contribution in [3.63, 3.8) is 0 Å². The molecule has 0 radical (unpaired) electrons. The van der Waals surface area contributed by atoms with Gasteiger partial charge in [-0.05, 0) is 13.1 Å². The molecule has 98 valence electrons. The number of benzene rings is 1. The molecule has 1 aromatic carbocycles. The summed E-state index contributed by atoms with van der Waals surface area (Å²) in [5.41, 5.74) is 1.15. The monoisotopic (exact) mass is 267 g/mol. The van der Waals surface area contributed by atoms with Gasteiger partial charge in [-0.3, -0.25) is 4.79 Å². The molecule has 5 heteroatoms. The Labute approximate surface area is 111 Å². The summed E-state index contributed by atoms with van der Waals surface area (Å²) in [5.74, 6) is 1.07. The molecule has 1 aliphatic heterocycles. The smallest absolute Gasteiger partial charge is 0.315 e. The number of rotatable bonds is 4. The minimum absolute atomic E-state index is 0.199. The van der Waals surface area contributed by atoms with Crippen molar-refractivity contribution in [2.75, 3.05) is 26.5 Å². The highest BCUT2D eigenvalue weighted by Crippen LogP contribution is 2.36. The molecule has 1 N–H and O–H groups in total. The van der Waals surface area contributed by atoms with Crippen molar-refractivity contribution in [1.29, 1.82) is 0 Å². The van der Waals surface area contributed by atoms with Crippen molar-refractivity contribution in [3.8, 4) is 5.75 Å². The van der Waals surface area contributed by atoms with Crippen molar-refractivity contribution in [3.05, 3.63) is 29.8 Å². The lowest BCUT2D eigenvalue weighted by Crippen LogP contribution is -2.36. The second-order valence-electron chi connectivity index (χ2n) is 4.04. The van der Waals surface area contributed by atoms with Crippen molar-refractivity contribution in [1.82, 2.24) is 5.32 Å². The van der Waals surface area contributed by atoms with Gasteiger partial charge >= 0.3 is 5.97 Å². The highest BCUT2D eigenvalue weighted by molar-refractivity contribution is 8.00. The normalized spacial score (nSPS) is 21.9. The summed E-state index contributed by atoms with van der Waals surface area (Å²) < 4.78 is 10.4. The zero-order valence-electron chi connectivity index (χ0n) is 10.5. The van der Waals surface area contributed by atoms with Gasteiger partial charge in [0.05, 0.1) is 24.2 Å². The molecule has 1 aliphatic rings. The van der Waals surface area contributed by atoms with Gasteiger partial charge in [-0.1, -0.05) is 18.2 Å². The van der Waals surface area contributed by atoms with E-state index in [1.54, 1.807) is 11.8 Å². The first-order valence-electron chi connectivity index (χ1n) is 5.83. The third-order valence-corrected chi connectivity index (χ3v) is 4.22. The summed E-state index contributed by atoms with van der Waals surface area (Å²) in [6.07, 6.45) is 0. The van der Waals surface area contributed by atoms with Crippen LogP contribution in [-0.2, 0) is 9.53 Å². The van der Waals surface area contributed by atoms with E-state index in [1.165, 1.54) is 7.11 Å². The Kier molecular flexibility index (Phi) is 4.49. The van der Waals surface area contributed by atoms with Gasteiger partial charge in [-0.15, -0.1) is 11.8 Å². The largest absolute Gasteiger partial charge is 0.492 e. The van der Waals surface area contributed by atoms with Crippen LogP contribution in [0.4, 0.5) is 0 Å². The summed E-state index contributed by atoms with van der Waals surface area (Å²) in [5, 5.41) is 3.51. The number of ether oxygens (including phenoxy) is 2. The molecule has 0 spiro atoms. The molecule has 0 saturated heterocycles. The molecule has 0 aromatic heterocycles. The predicted molar refractivity (Wildman–Crippen MR) is 72.0 cm³/mol. The Hall–Kier alpha value is -1.20. The van der Waals surface area contributed by atoms with E-state index in [4.69, 9.17) is 4.74 Å². The number of hydrogen-bond donors (Lipinski definition) is 1. The maximum atomic E-state index is 11.2. The number of carbonyl (C=O) groups is 1. The van der Waals surface area contributed by atoms with E-state index >= 15 is 0 Å². The molecule has 1 heterocycles. The Morgan fingerprint density at radius 2 is 2.33 bits per heavy atom. The van der Waals surface area contributed by atoms with Crippen LogP contribution in [0, 0.1) is 0 Å². The van der Waals surface area contributed by atoms with Gasteiger partial charge in [0.15, 0.2) is 0 Å². The van der Waals surface area contributed by atoms with Gasteiger partial charge in [0, 0.05) is 5.56 Å². The minimum atomic E-state index is -0.200. The first-order valence-corrected chi connectivity index (χ1v) is 6.88. The van der Waals surface area contributed by atoms with Crippen LogP contribution in [0.1, 0.15) is 11.6 Å². The molecule has 1 aromatic rings. The van der Waals surface area contributed by atoms with Crippen molar-refractivity contribution < 1.29 is 14.3 Å². The molecular weight excluding hydrogens is 250 g/mol. The van der Waals surface area contributed by atoms with Crippen molar-refractivity contribution in [2.24, 2.45) is 0 Å². The summed E-state index contributed by atoms with van der Waals surface area (Å²) in [4.78, 5) is 11.2. The van der Waals surface area contributed by atoms with Crippen LogP contribution in [0.2, 0.25) is 0 Å². The van der Waals surface area contributed by atoms with Gasteiger partial charge in [0.25, 0.3) is 0 Å². The van der Waals surface area contributed by atoms with Gasteiger partial charge in [-0.2, -0.15) is 0 Å². The fraction of sp³-hybridized carbons (Fsp3) is 0.462. The number of hydrogen-bond acceptors (Lipinski definition) is 5. The summed E-state index contributed by atoms with van der Waals surface area (Å²) in [7, 11) is 3.34. The van der Waals surface area contributed by atoms with E-state index < -0.39 is 0 Å². The zero-order chi connectivity index (χ0) is 13.0. The number of methoxy groups -OCH3 is 1. The van der Waals surface area contributed by atoms with Crippen LogP contribution < -0.4 is 10.1 Å². The second kappa shape index (κ2) is 6.11. The Morgan fingerprint density at radius 3 is 3.06 bits per heavy atom. The fourth-order valence-corrected chi connectivity index (χ4v) is 3.16. The van der Waals surface area contributed by atoms with Crippen LogP contribution in [0.5, 0.6) is 5.75 Å². The molecule has 0 fully saturated rings. The number of carbonyl (C=O) groups excluding carboxylic acids is 1. The second-order valence-corrected chi connectivity index (χ2v) is 5.27. The average molecular weight is 267 g/mol. The number of thioether (sulfide) groups is 1. The van der Waals surface area contributed by atoms with Crippen LogP contribution in [0.3, 0.4) is 0 Å². The van der Waals surface area contributed by atoms with Gasteiger partial charge in [-0.25, -0.2) is 0 Å². The van der Waals surface area contributed by atoms with Crippen LogP contribution in [0.15, 0.2) is 24.3 Å². The van der Waals surface area contributed by atoms with Gasteiger partial charge in [0.1, 0.15) is 12.4 Å². The van der Waals surface area contributed by atoms with Crippen molar-refractivity contribution in [2.45, 2.75) is 11.3 Å². The van der Waals surface area contributed by atoms with Gasteiger partial charge in [0.2, 0.25) is 0 Å². The number of para-hydroxylation sites is 1. The van der Waals surface area contributed by atoms with E-state index in [2.05, 4.69) is 16.1 Å². The van der Waals surface area contributed by atoms with E-state index in [0.717, 1.165) is 11.3 Å². The first kappa shape index (κ1) is 13.2. The Balaban J connectivity index is 2.08. The molecule has 0 saturated carbocycles. The standard InChI is InChI=1S/C13H17NO3S/c1-14-13-9-5-3-4-6-10(9)17-7-11(13)18-8-12(15)16-2/h3-6,11,13-14H,7-8H2,1-2H3. The molecule has 18 heavy (non-hydrogen) atoms. The fourth-order valence-electron chi connectivity index (χ4n) is 2.06. The molecule has 0 amide bonds. The first-order chi connectivity index (χ1) is 8.76. The predicted octanol–water partition coefficient (Wildman–Crippen LogP) is 1.61. The highest BCUT2D eigenvalue weighted by Gasteiger charge is 2.30. The molecular formula is C13H17NO3S. The number of fused-ring (bicyclic) bond motifs is 1.